The third-order valence-electron chi connectivity index (χ3n) is 6.54. The number of carbonyl (C=O) groups excluding carboxylic acids is 3. The lowest BCUT2D eigenvalue weighted by Crippen LogP contribution is -2.59. The van der Waals surface area contributed by atoms with Crippen LogP contribution in [0.15, 0.2) is 91.0 Å². The second kappa shape index (κ2) is 11.8. The van der Waals surface area contributed by atoms with Crippen LogP contribution in [0, 0.1) is 0 Å². The van der Waals surface area contributed by atoms with E-state index in [9.17, 15) is 14.4 Å². The highest BCUT2D eigenvalue weighted by Crippen LogP contribution is 2.42. The number of nitrogens with two attached hydrogens (primary N) is 1. The molecule has 3 aromatic carbocycles. The third kappa shape index (κ3) is 5.56. The van der Waals surface area contributed by atoms with Gasteiger partial charge in [0.05, 0.1) is 13.7 Å². The van der Waals surface area contributed by atoms with Crippen LogP contribution in [-0.2, 0) is 43.7 Å². The summed E-state index contributed by atoms with van der Waals surface area (Å²) in [5, 5.41) is 0. The summed E-state index contributed by atoms with van der Waals surface area (Å²) in [4.78, 5) is 36.8. The van der Waals surface area contributed by atoms with Crippen molar-refractivity contribution in [2.24, 2.45) is 5.73 Å². The van der Waals surface area contributed by atoms with Gasteiger partial charge in [-0.05, 0) is 16.7 Å². The van der Waals surface area contributed by atoms with Crippen molar-refractivity contribution < 1.29 is 38.1 Å². The van der Waals surface area contributed by atoms with Crippen LogP contribution in [0.3, 0.4) is 0 Å². The highest BCUT2D eigenvalue weighted by molar-refractivity contribution is 5.81. The molecule has 2 N–H and O–H groups in total. The van der Waals surface area contributed by atoms with Gasteiger partial charge >= 0.3 is 17.9 Å². The van der Waals surface area contributed by atoms with Crippen LogP contribution < -0.4 is 5.73 Å². The standard InChI is InChI=1S/C30H31NO8/c1-20(32)37-26-25(39-30(31,28(34)35-3)27(26)38-21(2)33)19-36-29(22-13-7-4-8-14-22,23-15-9-5-10-16-23)24-17-11-6-12-18-24/h4-18,25-27H,19,31H2,1-3H3/t25-,26-,27+,30?/m1/s1. The number of methoxy groups -OCH3 is 1. The Labute approximate surface area is 226 Å². The Kier molecular flexibility index (Phi) is 8.44. The van der Waals surface area contributed by atoms with Gasteiger partial charge in [0.2, 0.25) is 0 Å². The Hall–Kier alpha value is -4.05. The zero-order valence-corrected chi connectivity index (χ0v) is 21.9. The fourth-order valence-electron chi connectivity index (χ4n) is 4.91. The zero-order valence-electron chi connectivity index (χ0n) is 21.9. The summed E-state index contributed by atoms with van der Waals surface area (Å²) in [7, 11) is 1.13. The summed E-state index contributed by atoms with van der Waals surface area (Å²) in [5.74, 6) is -2.41. The Morgan fingerprint density at radius 2 is 1.23 bits per heavy atom. The quantitative estimate of drug-likeness (QED) is 0.251. The minimum atomic E-state index is -2.23. The van der Waals surface area contributed by atoms with Crippen molar-refractivity contribution in [2.75, 3.05) is 13.7 Å². The van der Waals surface area contributed by atoms with E-state index < -0.39 is 47.5 Å². The smallest absolute Gasteiger partial charge is 0.357 e. The van der Waals surface area contributed by atoms with Crippen molar-refractivity contribution in [3.8, 4) is 0 Å². The molecule has 9 nitrogen and oxygen atoms in total. The van der Waals surface area contributed by atoms with Crippen LogP contribution in [0.2, 0.25) is 0 Å². The third-order valence-corrected chi connectivity index (χ3v) is 6.54. The van der Waals surface area contributed by atoms with Crippen LogP contribution in [0.5, 0.6) is 0 Å². The van der Waals surface area contributed by atoms with Crippen molar-refractivity contribution in [3.63, 3.8) is 0 Å². The van der Waals surface area contributed by atoms with E-state index in [1.807, 2.05) is 91.0 Å². The number of hydrogen-bond acceptors (Lipinski definition) is 9. The number of benzene rings is 3. The van der Waals surface area contributed by atoms with Gasteiger partial charge in [0.1, 0.15) is 11.7 Å². The second-order valence-electron chi connectivity index (χ2n) is 9.14. The summed E-state index contributed by atoms with van der Waals surface area (Å²) in [5.41, 5.74) is 5.43. The Morgan fingerprint density at radius 3 is 1.62 bits per heavy atom. The molecule has 0 amide bonds. The number of rotatable bonds is 9. The molecule has 0 saturated carbocycles. The Morgan fingerprint density at radius 1 is 0.795 bits per heavy atom. The van der Waals surface area contributed by atoms with Crippen molar-refractivity contribution >= 4 is 17.9 Å². The lowest BCUT2D eigenvalue weighted by atomic mass is 9.80. The lowest BCUT2D eigenvalue weighted by molar-refractivity contribution is -0.185. The molecule has 0 aromatic heterocycles. The van der Waals surface area contributed by atoms with Gasteiger partial charge in [-0.2, -0.15) is 0 Å². The highest BCUT2D eigenvalue weighted by Gasteiger charge is 2.62. The normalized spacial score (nSPS) is 22.6. The molecule has 1 fully saturated rings. The molecule has 0 radical (unpaired) electrons. The molecule has 39 heavy (non-hydrogen) atoms. The monoisotopic (exact) mass is 533 g/mol. The van der Waals surface area contributed by atoms with E-state index in [1.54, 1.807) is 0 Å². The summed E-state index contributed by atoms with van der Waals surface area (Å²) in [6, 6.07) is 28.9. The van der Waals surface area contributed by atoms with E-state index in [0.717, 1.165) is 30.7 Å². The average molecular weight is 534 g/mol. The minimum absolute atomic E-state index is 0.204. The summed E-state index contributed by atoms with van der Waals surface area (Å²) in [6.45, 7) is 2.14. The molecular weight excluding hydrogens is 502 g/mol. The minimum Gasteiger partial charge on any atom is -0.466 e. The summed E-state index contributed by atoms with van der Waals surface area (Å²) >= 11 is 0. The molecule has 0 spiro atoms. The van der Waals surface area contributed by atoms with Gasteiger partial charge in [0, 0.05) is 13.8 Å². The van der Waals surface area contributed by atoms with Crippen LogP contribution >= 0.6 is 0 Å². The van der Waals surface area contributed by atoms with Crippen molar-refractivity contribution in [3.05, 3.63) is 108 Å². The maximum Gasteiger partial charge on any atom is 0.357 e. The number of esters is 3. The van der Waals surface area contributed by atoms with E-state index in [0.29, 0.717) is 0 Å². The Balaban J connectivity index is 1.81. The fourth-order valence-corrected chi connectivity index (χ4v) is 4.91. The van der Waals surface area contributed by atoms with Crippen molar-refractivity contribution in [1.29, 1.82) is 0 Å². The first kappa shape index (κ1) is 28.0. The molecule has 4 atom stereocenters. The van der Waals surface area contributed by atoms with Crippen LogP contribution in [0.4, 0.5) is 0 Å². The van der Waals surface area contributed by atoms with Crippen molar-refractivity contribution in [1.82, 2.24) is 0 Å². The Bertz CT molecular complexity index is 1190. The maximum absolute atomic E-state index is 12.7. The van der Waals surface area contributed by atoms with Crippen LogP contribution in [-0.4, -0.2) is 55.7 Å². The molecule has 9 heteroatoms. The van der Waals surface area contributed by atoms with Gasteiger partial charge in [0.25, 0.3) is 5.72 Å². The second-order valence-corrected chi connectivity index (χ2v) is 9.14. The topological polar surface area (TPSA) is 123 Å². The first-order valence-electron chi connectivity index (χ1n) is 12.4. The number of carbonyl (C=O) groups is 3. The highest BCUT2D eigenvalue weighted by atomic mass is 16.7. The molecule has 1 unspecified atom stereocenters. The molecule has 1 saturated heterocycles. The van der Waals surface area contributed by atoms with Gasteiger partial charge < -0.3 is 23.7 Å². The van der Waals surface area contributed by atoms with E-state index >= 15 is 0 Å². The van der Waals surface area contributed by atoms with Crippen LogP contribution in [0.25, 0.3) is 0 Å². The molecule has 1 aliphatic rings. The predicted molar refractivity (Wildman–Crippen MR) is 140 cm³/mol. The molecule has 3 aromatic rings. The van der Waals surface area contributed by atoms with Gasteiger partial charge in [0.15, 0.2) is 12.2 Å². The van der Waals surface area contributed by atoms with E-state index in [1.165, 1.54) is 6.92 Å². The van der Waals surface area contributed by atoms with Gasteiger partial charge in [-0.1, -0.05) is 91.0 Å². The van der Waals surface area contributed by atoms with E-state index in [-0.39, 0.29) is 6.61 Å². The molecule has 1 aliphatic heterocycles. The largest absolute Gasteiger partial charge is 0.466 e. The van der Waals surface area contributed by atoms with E-state index in [2.05, 4.69) is 0 Å². The molecule has 204 valence electrons. The summed E-state index contributed by atoms with van der Waals surface area (Å²) < 4.78 is 28.4. The molecule has 4 rings (SSSR count). The maximum atomic E-state index is 12.7. The van der Waals surface area contributed by atoms with Gasteiger partial charge in [-0.3, -0.25) is 15.3 Å². The van der Waals surface area contributed by atoms with Gasteiger partial charge in [-0.15, -0.1) is 0 Å². The lowest BCUT2D eigenvalue weighted by Gasteiger charge is -2.37. The molecule has 1 heterocycles. The SMILES string of the molecule is COC(=O)C1(N)O[C@H](COC(c2ccccc2)(c2ccccc2)c2ccccc2)[C@@H](OC(C)=O)[C@@H]1OC(C)=O. The van der Waals surface area contributed by atoms with Crippen LogP contribution in [0.1, 0.15) is 30.5 Å². The molecular formula is C30H31NO8. The number of hydrogen-bond donors (Lipinski definition) is 1. The molecule has 0 aliphatic carbocycles. The first-order chi connectivity index (χ1) is 18.7. The fraction of sp³-hybridized carbons (Fsp3) is 0.300. The first-order valence-corrected chi connectivity index (χ1v) is 12.4. The predicted octanol–water partition coefficient (Wildman–Crippen LogP) is 3.09. The zero-order chi connectivity index (χ0) is 28.0. The van der Waals surface area contributed by atoms with Gasteiger partial charge in [-0.25, -0.2) is 4.79 Å². The molecule has 0 bridgehead atoms. The summed E-state index contributed by atoms with van der Waals surface area (Å²) in [6.07, 6.45) is -3.83. The number of ether oxygens (including phenoxy) is 5. The van der Waals surface area contributed by atoms with Crippen molar-refractivity contribution in [2.45, 2.75) is 43.5 Å². The average Bonchev–Trinajstić information content (AvgIpc) is 3.20. The van der Waals surface area contributed by atoms with E-state index in [4.69, 9.17) is 29.4 Å².